The molecule has 94 valence electrons. The van der Waals surface area contributed by atoms with Gasteiger partial charge in [0.2, 0.25) is 0 Å². The van der Waals surface area contributed by atoms with Crippen molar-refractivity contribution in [2.45, 2.75) is 13.8 Å². The Morgan fingerprint density at radius 3 is 2.00 bits per heavy atom. The Morgan fingerprint density at radius 1 is 0.722 bits per heavy atom. The van der Waals surface area contributed by atoms with Crippen LogP contribution in [-0.4, -0.2) is 13.2 Å². The first-order valence-electron chi connectivity index (χ1n) is 6.14. The first-order valence-corrected chi connectivity index (χ1v) is 6.14. The molecule has 0 unspecified atom stereocenters. The highest BCUT2D eigenvalue weighted by atomic mass is 16.5. The summed E-state index contributed by atoms with van der Waals surface area (Å²) in [6, 6.07) is 15.9. The fraction of sp³-hybridized carbons (Fsp3) is 0.250. The number of rotatable bonds is 5. The van der Waals surface area contributed by atoms with Crippen molar-refractivity contribution in [3.63, 3.8) is 0 Å². The van der Waals surface area contributed by atoms with Crippen LogP contribution >= 0.6 is 0 Å². The third kappa shape index (κ3) is 3.27. The average molecular weight is 242 g/mol. The van der Waals surface area contributed by atoms with Crippen molar-refractivity contribution in [1.29, 1.82) is 0 Å². The van der Waals surface area contributed by atoms with Gasteiger partial charge >= 0.3 is 0 Å². The minimum absolute atomic E-state index is 0.553. The van der Waals surface area contributed by atoms with Gasteiger partial charge in [-0.1, -0.05) is 36.4 Å². The van der Waals surface area contributed by atoms with Gasteiger partial charge in [0.05, 0.1) is 0 Å². The van der Waals surface area contributed by atoms with E-state index in [1.54, 1.807) is 0 Å². The van der Waals surface area contributed by atoms with Gasteiger partial charge in [0, 0.05) is 0 Å². The quantitative estimate of drug-likeness (QED) is 0.743. The minimum Gasteiger partial charge on any atom is -0.490 e. The van der Waals surface area contributed by atoms with Crippen molar-refractivity contribution in [2.24, 2.45) is 0 Å². The normalized spacial score (nSPS) is 10.1. The van der Waals surface area contributed by atoms with Gasteiger partial charge < -0.3 is 9.47 Å². The molecule has 0 atom stereocenters. The zero-order chi connectivity index (χ0) is 12.8. The van der Waals surface area contributed by atoms with Crippen LogP contribution in [0.1, 0.15) is 11.1 Å². The summed E-state index contributed by atoms with van der Waals surface area (Å²) in [7, 11) is 0. The largest absolute Gasteiger partial charge is 0.490 e. The lowest BCUT2D eigenvalue weighted by Gasteiger charge is -2.12. The SMILES string of the molecule is Cc1cccc(C)c1OCCOc1ccccc1. The lowest BCUT2D eigenvalue weighted by molar-refractivity contribution is 0.215. The molecule has 0 fully saturated rings. The summed E-state index contributed by atoms with van der Waals surface area (Å²) in [5.41, 5.74) is 2.32. The second-order valence-corrected chi connectivity index (χ2v) is 4.23. The van der Waals surface area contributed by atoms with E-state index in [2.05, 4.69) is 26.0 Å². The fourth-order valence-corrected chi connectivity index (χ4v) is 1.85. The average Bonchev–Trinajstić information content (AvgIpc) is 2.38. The second kappa shape index (κ2) is 6.10. The van der Waals surface area contributed by atoms with Crippen molar-refractivity contribution in [1.82, 2.24) is 0 Å². The predicted molar refractivity (Wildman–Crippen MR) is 73.3 cm³/mol. The second-order valence-electron chi connectivity index (χ2n) is 4.23. The van der Waals surface area contributed by atoms with Crippen molar-refractivity contribution < 1.29 is 9.47 Å². The molecule has 0 saturated carbocycles. The van der Waals surface area contributed by atoms with E-state index in [1.807, 2.05) is 36.4 Å². The molecule has 0 spiro atoms. The van der Waals surface area contributed by atoms with Crippen LogP contribution in [0.2, 0.25) is 0 Å². The molecular weight excluding hydrogens is 224 g/mol. The number of benzene rings is 2. The maximum atomic E-state index is 5.76. The molecule has 0 radical (unpaired) electrons. The predicted octanol–water partition coefficient (Wildman–Crippen LogP) is 3.76. The van der Waals surface area contributed by atoms with E-state index in [9.17, 15) is 0 Å². The minimum atomic E-state index is 0.553. The van der Waals surface area contributed by atoms with Crippen molar-refractivity contribution in [3.05, 3.63) is 59.7 Å². The monoisotopic (exact) mass is 242 g/mol. The Kier molecular flexibility index (Phi) is 4.24. The van der Waals surface area contributed by atoms with Crippen molar-refractivity contribution in [3.8, 4) is 11.5 Å². The van der Waals surface area contributed by atoms with Crippen molar-refractivity contribution >= 4 is 0 Å². The third-order valence-corrected chi connectivity index (χ3v) is 2.75. The van der Waals surface area contributed by atoms with Gasteiger partial charge in [0.25, 0.3) is 0 Å². The molecule has 2 aromatic carbocycles. The van der Waals surface area contributed by atoms with E-state index in [-0.39, 0.29) is 0 Å². The molecule has 18 heavy (non-hydrogen) atoms. The van der Waals surface area contributed by atoms with E-state index in [0.29, 0.717) is 13.2 Å². The lowest BCUT2D eigenvalue weighted by Crippen LogP contribution is -2.10. The first-order chi connectivity index (χ1) is 8.77. The van der Waals surface area contributed by atoms with E-state index in [4.69, 9.17) is 9.47 Å². The molecule has 2 rings (SSSR count). The van der Waals surface area contributed by atoms with Crippen LogP contribution in [0.5, 0.6) is 11.5 Å². The maximum Gasteiger partial charge on any atom is 0.125 e. The first kappa shape index (κ1) is 12.5. The molecule has 0 N–H and O–H groups in total. The Labute approximate surface area is 108 Å². The summed E-state index contributed by atoms with van der Waals surface area (Å²) in [6.45, 7) is 5.22. The number of aryl methyl sites for hydroxylation is 2. The fourth-order valence-electron chi connectivity index (χ4n) is 1.85. The Bertz CT molecular complexity index is 471. The zero-order valence-electron chi connectivity index (χ0n) is 10.8. The van der Waals surface area contributed by atoms with Gasteiger partial charge in [-0.25, -0.2) is 0 Å². The molecule has 0 bridgehead atoms. The van der Waals surface area contributed by atoms with E-state index in [0.717, 1.165) is 22.6 Å². The molecule has 0 aromatic heterocycles. The topological polar surface area (TPSA) is 18.5 Å². The molecule has 2 nitrogen and oxygen atoms in total. The lowest BCUT2D eigenvalue weighted by atomic mass is 10.1. The highest BCUT2D eigenvalue weighted by molar-refractivity contribution is 5.39. The number of hydrogen-bond donors (Lipinski definition) is 0. The highest BCUT2D eigenvalue weighted by Gasteiger charge is 2.02. The summed E-state index contributed by atoms with van der Waals surface area (Å²) in [4.78, 5) is 0. The van der Waals surface area contributed by atoms with Crippen LogP contribution in [-0.2, 0) is 0 Å². The Hall–Kier alpha value is -1.96. The summed E-state index contributed by atoms with van der Waals surface area (Å²) in [5, 5.41) is 0. The molecule has 0 aliphatic carbocycles. The van der Waals surface area contributed by atoms with Gasteiger partial charge in [-0.15, -0.1) is 0 Å². The summed E-state index contributed by atoms with van der Waals surface area (Å²) in [5.74, 6) is 1.84. The molecule has 2 heteroatoms. The molecule has 0 aliphatic rings. The molecular formula is C16H18O2. The van der Waals surface area contributed by atoms with Gasteiger partial charge in [-0.05, 0) is 37.1 Å². The molecule has 0 saturated heterocycles. The maximum absolute atomic E-state index is 5.76. The van der Waals surface area contributed by atoms with Crippen LogP contribution in [0.3, 0.4) is 0 Å². The van der Waals surface area contributed by atoms with E-state index in [1.165, 1.54) is 0 Å². The van der Waals surface area contributed by atoms with Gasteiger partial charge in [0.15, 0.2) is 0 Å². The summed E-state index contributed by atoms with van der Waals surface area (Å²) in [6.07, 6.45) is 0. The van der Waals surface area contributed by atoms with Crippen LogP contribution in [0.15, 0.2) is 48.5 Å². The molecule has 0 heterocycles. The number of hydrogen-bond acceptors (Lipinski definition) is 2. The zero-order valence-corrected chi connectivity index (χ0v) is 10.8. The van der Waals surface area contributed by atoms with Crippen LogP contribution in [0.4, 0.5) is 0 Å². The Balaban J connectivity index is 1.82. The van der Waals surface area contributed by atoms with Gasteiger partial charge in [-0.3, -0.25) is 0 Å². The molecule has 2 aromatic rings. The molecule has 0 amide bonds. The van der Waals surface area contributed by atoms with Gasteiger partial charge in [0.1, 0.15) is 24.7 Å². The van der Waals surface area contributed by atoms with Crippen LogP contribution in [0, 0.1) is 13.8 Å². The number of para-hydroxylation sites is 2. The smallest absolute Gasteiger partial charge is 0.125 e. The highest BCUT2D eigenvalue weighted by Crippen LogP contribution is 2.22. The summed E-state index contributed by atoms with van der Waals surface area (Å²) >= 11 is 0. The van der Waals surface area contributed by atoms with E-state index >= 15 is 0 Å². The summed E-state index contributed by atoms with van der Waals surface area (Å²) < 4.78 is 11.3. The standard InChI is InChI=1S/C16H18O2/c1-13-7-6-8-14(2)16(13)18-12-11-17-15-9-4-3-5-10-15/h3-10H,11-12H2,1-2H3. The van der Waals surface area contributed by atoms with Crippen LogP contribution < -0.4 is 9.47 Å². The van der Waals surface area contributed by atoms with E-state index < -0.39 is 0 Å². The third-order valence-electron chi connectivity index (χ3n) is 2.75. The van der Waals surface area contributed by atoms with Crippen molar-refractivity contribution in [2.75, 3.05) is 13.2 Å². The van der Waals surface area contributed by atoms with Crippen LogP contribution in [0.25, 0.3) is 0 Å². The number of ether oxygens (including phenoxy) is 2. The Morgan fingerprint density at radius 2 is 1.33 bits per heavy atom. The van der Waals surface area contributed by atoms with Gasteiger partial charge in [-0.2, -0.15) is 0 Å². The molecule has 0 aliphatic heterocycles.